The molecule has 1 aliphatic heterocycles. The molecule has 8 rings (SSSR count). The van der Waals surface area contributed by atoms with Crippen molar-refractivity contribution in [3.8, 4) is 16.9 Å². The summed E-state index contributed by atoms with van der Waals surface area (Å²) in [7, 11) is 0. The van der Waals surface area contributed by atoms with Crippen molar-refractivity contribution in [3.05, 3.63) is 208 Å². The zero-order chi connectivity index (χ0) is 41.1. The maximum absolute atomic E-state index is 10.1. The molecule has 1 aliphatic rings. The highest BCUT2D eigenvalue weighted by molar-refractivity contribution is 6.36. The molecule has 6 nitrogen and oxygen atoms in total. The van der Waals surface area contributed by atoms with Gasteiger partial charge >= 0.3 is 0 Å². The van der Waals surface area contributed by atoms with E-state index < -0.39 is 6.10 Å². The third kappa shape index (κ3) is 9.99. The summed E-state index contributed by atoms with van der Waals surface area (Å²) in [5, 5.41) is 12.9. The Bertz CT molecular complexity index is 2440. The Labute approximate surface area is 358 Å². The highest BCUT2D eigenvalue weighted by Gasteiger charge is 2.46. The second-order valence-corrected chi connectivity index (χ2v) is 15.7. The van der Waals surface area contributed by atoms with Crippen LogP contribution in [0.5, 0.6) is 5.75 Å². The molecule has 2 N–H and O–H groups in total. The van der Waals surface area contributed by atoms with Crippen LogP contribution in [0.25, 0.3) is 21.9 Å². The molecular weight excluding hydrogens is 768 g/mol. The number of rotatable bonds is 17. The molecule has 1 saturated heterocycles. The van der Waals surface area contributed by atoms with Gasteiger partial charge in [0.25, 0.3) is 0 Å². The molecule has 306 valence electrons. The minimum Gasteiger partial charge on any atom is -0.494 e. The van der Waals surface area contributed by atoms with Gasteiger partial charge in [0.1, 0.15) is 11.9 Å². The van der Waals surface area contributed by atoms with Gasteiger partial charge in [0.2, 0.25) is 6.10 Å². The summed E-state index contributed by atoms with van der Waals surface area (Å²) in [6, 6.07) is 55.6. The largest absolute Gasteiger partial charge is 0.494 e. The van der Waals surface area contributed by atoms with E-state index in [-0.39, 0.29) is 24.9 Å². The lowest BCUT2D eigenvalue weighted by molar-refractivity contribution is -0.272. The number of aliphatic hydroxyl groups is 3. The zero-order valence-electron chi connectivity index (χ0n) is 34.0. The number of fused-ring (bicyclic) bond motifs is 1. The summed E-state index contributed by atoms with van der Waals surface area (Å²) in [6.07, 6.45) is -0.105. The van der Waals surface area contributed by atoms with Crippen molar-refractivity contribution < 1.29 is 28.8 Å². The Morgan fingerprint density at radius 2 is 1.30 bits per heavy atom. The Hall–Kier alpha value is -5.31. The summed E-state index contributed by atoms with van der Waals surface area (Å²) >= 11 is 7.29. The number of hydrogen-bond acceptors (Lipinski definition) is 5. The summed E-state index contributed by atoms with van der Waals surface area (Å²) in [4.78, 5) is 0. The van der Waals surface area contributed by atoms with Crippen LogP contribution < -0.4 is 4.74 Å². The quantitative estimate of drug-likeness (QED) is 0.0927. The molecule has 0 spiro atoms. The minimum atomic E-state index is -0.457. The molecule has 0 saturated carbocycles. The van der Waals surface area contributed by atoms with Gasteiger partial charge in [-0.3, -0.25) is 0 Å². The summed E-state index contributed by atoms with van der Waals surface area (Å²) in [5.41, 5.74) is 9.37. The van der Waals surface area contributed by atoms with Gasteiger partial charge in [-0.2, -0.15) is 0 Å². The molecule has 1 heterocycles. The lowest BCUT2D eigenvalue weighted by atomic mass is 9.87. The molecule has 0 aliphatic carbocycles. The first-order chi connectivity index (χ1) is 29.6. The zero-order valence-corrected chi connectivity index (χ0v) is 34.7. The number of aliphatic hydroxyl groups excluding tert-OH is 1. The van der Waals surface area contributed by atoms with Crippen LogP contribution in [-0.2, 0) is 47.1 Å². The van der Waals surface area contributed by atoms with Crippen LogP contribution in [0.2, 0.25) is 5.02 Å². The molecule has 7 aromatic carbocycles. The van der Waals surface area contributed by atoms with Gasteiger partial charge in [-0.1, -0.05) is 163 Å². The van der Waals surface area contributed by atoms with Crippen molar-refractivity contribution in [2.75, 3.05) is 13.2 Å². The topological polar surface area (TPSA) is 70.0 Å². The van der Waals surface area contributed by atoms with Crippen LogP contribution in [0.1, 0.15) is 58.4 Å². The van der Waals surface area contributed by atoms with E-state index in [1.54, 1.807) is 0 Å². The third-order valence-corrected chi connectivity index (χ3v) is 11.7. The minimum absolute atomic E-state index is 0.0369. The van der Waals surface area contributed by atoms with Crippen molar-refractivity contribution in [1.29, 1.82) is 0 Å². The first-order valence-electron chi connectivity index (χ1n) is 20.9. The molecule has 3 unspecified atom stereocenters. The van der Waals surface area contributed by atoms with Gasteiger partial charge in [0.15, 0.2) is 12.7 Å². The van der Waals surface area contributed by atoms with E-state index in [9.17, 15) is 5.11 Å². The average molecular weight is 820 g/mol. The lowest BCUT2D eigenvalue weighted by Gasteiger charge is -2.40. The number of benzene rings is 7. The van der Waals surface area contributed by atoms with Crippen LogP contribution in [0, 0.1) is 0 Å². The van der Waals surface area contributed by atoms with Crippen molar-refractivity contribution in [2.24, 2.45) is 0 Å². The Kier molecular flexibility index (Phi) is 14.0. The predicted octanol–water partition coefficient (Wildman–Crippen LogP) is 11.4. The highest BCUT2D eigenvalue weighted by Crippen LogP contribution is 2.42. The molecule has 4 atom stereocenters. The smallest absolute Gasteiger partial charge is 0.212 e. The van der Waals surface area contributed by atoms with E-state index in [0.717, 1.165) is 71.6 Å². The summed E-state index contributed by atoms with van der Waals surface area (Å²) < 4.78 is 31.9. The Morgan fingerprint density at radius 3 is 2.02 bits per heavy atom. The van der Waals surface area contributed by atoms with Gasteiger partial charge in [-0.05, 0) is 75.4 Å². The van der Waals surface area contributed by atoms with Crippen LogP contribution in [-0.4, -0.2) is 41.4 Å². The van der Waals surface area contributed by atoms with E-state index in [1.165, 1.54) is 0 Å². The van der Waals surface area contributed by atoms with Gasteiger partial charge in [0, 0.05) is 17.4 Å². The van der Waals surface area contributed by atoms with Crippen LogP contribution in [0.4, 0.5) is 0 Å². The molecule has 7 heteroatoms. The average Bonchev–Trinajstić information content (AvgIpc) is 3.30. The molecule has 0 amide bonds. The first kappa shape index (κ1) is 41.4. The normalized spacial score (nSPS) is 17.8. The first-order valence-corrected chi connectivity index (χ1v) is 21.2. The Balaban J connectivity index is 1.14. The SMILES string of the molecule is CCOc1ccc(Cc2cc(C3OC(COCc4ccccc4-c4ccccc4CO)C[C@H](OCc4ccccc4)C3[OH+]Cc3ccccc3)c3ccccc3c2Cl)cc1. The van der Waals surface area contributed by atoms with Gasteiger partial charge in [-0.25, -0.2) is 0 Å². The van der Waals surface area contributed by atoms with Gasteiger partial charge in [-0.15, -0.1) is 0 Å². The van der Waals surface area contributed by atoms with E-state index in [2.05, 4.69) is 84.9 Å². The Morgan fingerprint density at radius 1 is 0.667 bits per heavy atom. The van der Waals surface area contributed by atoms with Crippen LogP contribution in [0.3, 0.4) is 0 Å². The number of halogens is 1. The highest BCUT2D eigenvalue weighted by atomic mass is 35.5. The van der Waals surface area contributed by atoms with E-state index in [1.807, 2.05) is 85.8 Å². The van der Waals surface area contributed by atoms with Gasteiger partial charge < -0.3 is 28.8 Å². The van der Waals surface area contributed by atoms with Crippen LogP contribution >= 0.6 is 11.6 Å². The lowest BCUT2D eigenvalue weighted by Crippen LogP contribution is -2.49. The maximum Gasteiger partial charge on any atom is 0.212 e. The maximum atomic E-state index is 10.1. The molecule has 0 bridgehead atoms. The molecule has 60 heavy (non-hydrogen) atoms. The molecule has 0 aromatic heterocycles. The second-order valence-electron chi connectivity index (χ2n) is 15.3. The molecule has 0 radical (unpaired) electrons. The van der Waals surface area contributed by atoms with Crippen LogP contribution in [0.15, 0.2) is 164 Å². The summed E-state index contributed by atoms with van der Waals surface area (Å²) in [6.45, 7) is 4.28. The number of hydrogen-bond donors (Lipinski definition) is 1. The van der Waals surface area contributed by atoms with Crippen molar-refractivity contribution in [2.45, 2.75) is 70.6 Å². The van der Waals surface area contributed by atoms with Crippen molar-refractivity contribution in [3.63, 3.8) is 0 Å². The van der Waals surface area contributed by atoms with E-state index in [4.69, 9.17) is 35.3 Å². The third-order valence-electron chi connectivity index (χ3n) is 11.2. The predicted molar refractivity (Wildman–Crippen MR) is 240 cm³/mol. The molecule has 1 fully saturated rings. The molecule has 7 aromatic rings. The number of ether oxygens (including phenoxy) is 5. The van der Waals surface area contributed by atoms with Crippen molar-refractivity contribution >= 4 is 22.4 Å². The second kappa shape index (κ2) is 20.3. The fourth-order valence-corrected chi connectivity index (χ4v) is 8.55. The van der Waals surface area contributed by atoms with E-state index in [0.29, 0.717) is 45.9 Å². The van der Waals surface area contributed by atoms with Crippen molar-refractivity contribution in [1.82, 2.24) is 0 Å². The monoisotopic (exact) mass is 819 g/mol. The molecular formula is C53H52ClO6+. The van der Waals surface area contributed by atoms with Gasteiger partial charge in [0.05, 0.1) is 44.2 Å². The fourth-order valence-electron chi connectivity index (χ4n) is 8.27. The summed E-state index contributed by atoms with van der Waals surface area (Å²) in [5.74, 6) is 0.846. The standard InChI is InChI=1S/C53H51ClO6/c1-2-57-43-27-25-37(26-28-43)29-42-30-49(47-23-13-14-24-48(47)51(42)54)52-53(59-34-39-17-7-4-8-18-39)50(58-33-38-15-5-3-6-16-38)31-44(60-52)36-56-35-41-20-10-12-22-46(41)45-21-11-9-19-40(45)32-55/h3-28,30,44,50,52-53,55H,2,29,31-36H2,1H3/p+1/t44?,50-,52?,53?/m0/s1. The van der Waals surface area contributed by atoms with E-state index >= 15 is 0 Å². The fraction of sp³-hybridized carbons (Fsp3) is 0.245.